The number of carboxylic acid groups (broad SMARTS) is 1. The largest absolute Gasteiger partial charge is 0.481 e. The van der Waals surface area contributed by atoms with Gasteiger partial charge in [-0.3, -0.25) is 14.3 Å². The normalized spacial score (nSPS) is 27.0. The first-order chi connectivity index (χ1) is 12.5. The van der Waals surface area contributed by atoms with Crippen molar-refractivity contribution in [2.45, 2.75) is 45.4 Å². The Balaban J connectivity index is 1.51. The lowest BCUT2D eigenvalue weighted by atomic mass is 9.79. The highest BCUT2D eigenvalue weighted by Gasteiger charge is 2.55. The number of hydrogen-bond donors (Lipinski definition) is 2. The number of hydrogen-bond acceptors (Lipinski definition) is 6. The van der Waals surface area contributed by atoms with Crippen LogP contribution in [0.1, 0.15) is 25.5 Å². The van der Waals surface area contributed by atoms with Gasteiger partial charge in [-0.15, -0.1) is 11.3 Å². The number of carbonyl (C=O) groups excluding carboxylic acids is 1. The van der Waals surface area contributed by atoms with Gasteiger partial charge in [0.15, 0.2) is 5.13 Å². The Morgan fingerprint density at radius 3 is 2.77 bits per heavy atom. The summed E-state index contributed by atoms with van der Waals surface area (Å²) in [5.74, 6) is -2.74. The molecule has 0 aromatic carbocycles. The summed E-state index contributed by atoms with van der Waals surface area (Å²) in [5.41, 5.74) is 2.55. The van der Waals surface area contributed by atoms with E-state index in [1.54, 1.807) is 0 Å². The number of nitrogens with zero attached hydrogens (tertiary/aromatic N) is 3. The molecule has 0 unspecified atom stereocenters. The number of aliphatic carboxylic acids is 1. The van der Waals surface area contributed by atoms with Gasteiger partial charge < -0.3 is 15.2 Å². The van der Waals surface area contributed by atoms with Crippen molar-refractivity contribution >= 4 is 28.3 Å². The second-order valence-corrected chi connectivity index (χ2v) is 7.55. The zero-order valence-corrected chi connectivity index (χ0v) is 15.3. The Labute approximate surface area is 154 Å². The minimum atomic E-state index is -0.972. The number of carbonyl (C=O) groups is 2. The number of thiazole rings is 1. The van der Waals surface area contributed by atoms with Crippen LogP contribution in [0.15, 0.2) is 11.6 Å². The third-order valence-electron chi connectivity index (χ3n) is 5.14. The van der Waals surface area contributed by atoms with Gasteiger partial charge in [0.25, 0.3) is 0 Å². The molecular formula is C17H20N4O4S. The maximum absolute atomic E-state index is 12.7. The van der Waals surface area contributed by atoms with Gasteiger partial charge in [-0.1, -0.05) is 0 Å². The van der Waals surface area contributed by atoms with E-state index >= 15 is 0 Å². The molecule has 0 radical (unpaired) electrons. The molecule has 2 fully saturated rings. The molecule has 9 heteroatoms. The van der Waals surface area contributed by atoms with E-state index in [2.05, 4.69) is 15.4 Å². The van der Waals surface area contributed by atoms with E-state index in [4.69, 9.17) is 4.74 Å². The van der Waals surface area contributed by atoms with Crippen LogP contribution in [0.3, 0.4) is 0 Å². The Morgan fingerprint density at radius 1 is 1.38 bits per heavy atom. The fraction of sp³-hybridized carbons (Fsp3) is 0.529. The van der Waals surface area contributed by atoms with Gasteiger partial charge in [-0.25, -0.2) is 4.98 Å². The van der Waals surface area contributed by atoms with Crippen LogP contribution in [0.25, 0.3) is 11.3 Å². The maximum atomic E-state index is 12.7. The molecule has 0 spiro atoms. The smallest absolute Gasteiger partial charge is 0.310 e. The Bertz CT molecular complexity index is 861. The zero-order chi connectivity index (χ0) is 18.4. The van der Waals surface area contributed by atoms with E-state index in [0.717, 1.165) is 29.9 Å². The number of aryl methyl sites for hydroxylation is 2. The highest BCUT2D eigenvalue weighted by Crippen LogP contribution is 2.44. The Morgan fingerprint density at radius 2 is 2.12 bits per heavy atom. The molecule has 2 aliphatic rings. The van der Waals surface area contributed by atoms with E-state index < -0.39 is 17.8 Å². The van der Waals surface area contributed by atoms with Crippen molar-refractivity contribution in [1.29, 1.82) is 0 Å². The van der Waals surface area contributed by atoms with Crippen molar-refractivity contribution in [1.82, 2.24) is 14.8 Å². The summed E-state index contributed by atoms with van der Waals surface area (Å²) in [4.78, 5) is 28.7. The first kappa shape index (κ1) is 17.2. The molecule has 0 aliphatic carbocycles. The van der Waals surface area contributed by atoms with Crippen LogP contribution in [-0.2, 0) is 20.9 Å². The van der Waals surface area contributed by atoms with Crippen LogP contribution in [-0.4, -0.2) is 44.0 Å². The van der Waals surface area contributed by atoms with E-state index in [0.29, 0.717) is 11.6 Å². The minimum Gasteiger partial charge on any atom is -0.481 e. The summed E-state index contributed by atoms with van der Waals surface area (Å²) < 4.78 is 7.49. The number of anilines is 1. The molecule has 138 valence electrons. The van der Waals surface area contributed by atoms with Crippen LogP contribution in [0.4, 0.5) is 5.13 Å². The SMILES string of the molecule is CCn1cc(-c2csc(NC(=O)[C@H]3[C@@H](C(=O)O)[C@@H]4CC[C@@H]3O4)n2)c(C)n1. The highest BCUT2D eigenvalue weighted by molar-refractivity contribution is 7.14. The van der Waals surface area contributed by atoms with Crippen molar-refractivity contribution in [2.24, 2.45) is 11.8 Å². The van der Waals surface area contributed by atoms with Crippen molar-refractivity contribution < 1.29 is 19.4 Å². The molecule has 2 aromatic rings. The molecule has 2 N–H and O–H groups in total. The number of carboxylic acids is 1. The molecule has 1 amide bonds. The molecular weight excluding hydrogens is 356 g/mol. The molecule has 2 bridgehead atoms. The third kappa shape index (κ3) is 2.80. The highest BCUT2D eigenvalue weighted by atomic mass is 32.1. The summed E-state index contributed by atoms with van der Waals surface area (Å²) in [6.45, 7) is 4.71. The van der Waals surface area contributed by atoms with Gasteiger partial charge in [0, 0.05) is 23.7 Å². The monoisotopic (exact) mass is 376 g/mol. The molecule has 4 atom stereocenters. The number of fused-ring (bicyclic) bond motifs is 2. The third-order valence-corrected chi connectivity index (χ3v) is 5.90. The van der Waals surface area contributed by atoms with Crippen LogP contribution in [0.2, 0.25) is 0 Å². The zero-order valence-electron chi connectivity index (χ0n) is 14.5. The van der Waals surface area contributed by atoms with E-state index in [1.165, 1.54) is 11.3 Å². The molecule has 26 heavy (non-hydrogen) atoms. The summed E-state index contributed by atoms with van der Waals surface area (Å²) in [6.07, 6.45) is 2.69. The number of rotatable bonds is 5. The van der Waals surface area contributed by atoms with Gasteiger partial charge in [0.05, 0.1) is 35.4 Å². The molecule has 4 heterocycles. The van der Waals surface area contributed by atoms with Crippen molar-refractivity contribution in [3.05, 3.63) is 17.3 Å². The molecule has 2 aliphatic heterocycles. The average molecular weight is 376 g/mol. The molecule has 4 rings (SSSR count). The standard InChI is InChI=1S/C17H20N4O4S/c1-3-21-6-9(8(2)20-21)10-7-26-17(18-10)19-15(22)13-11-4-5-12(25-11)14(13)16(23)24/h6-7,11-14H,3-5H2,1-2H3,(H,23,24)(H,18,19,22)/t11-,12-,13+,14-/m0/s1. The Hall–Kier alpha value is -2.26. The number of amides is 1. The predicted octanol–water partition coefficient (Wildman–Crippen LogP) is 2.15. The molecule has 2 saturated heterocycles. The number of aromatic nitrogens is 3. The van der Waals surface area contributed by atoms with Crippen molar-refractivity contribution in [3.8, 4) is 11.3 Å². The van der Waals surface area contributed by atoms with Gasteiger partial charge in [0.1, 0.15) is 0 Å². The van der Waals surface area contributed by atoms with Gasteiger partial charge >= 0.3 is 5.97 Å². The van der Waals surface area contributed by atoms with Crippen LogP contribution in [0, 0.1) is 18.8 Å². The van der Waals surface area contributed by atoms with Crippen molar-refractivity contribution in [2.75, 3.05) is 5.32 Å². The number of nitrogens with one attached hydrogen (secondary N) is 1. The lowest BCUT2D eigenvalue weighted by Gasteiger charge is -2.23. The summed E-state index contributed by atoms with van der Waals surface area (Å²) in [5, 5.41) is 19.0. The predicted molar refractivity (Wildman–Crippen MR) is 94.9 cm³/mol. The minimum absolute atomic E-state index is 0.314. The van der Waals surface area contributed by atoms with Gasteiger partial charge in [-0.2, -0.15) is 5.10 Å². The fourth-order valence-corrected chi connectivity index (χ4v) is 4.61. The molecule has 0 saturated carbocycles. The van der Waals surface area contributed by atoms with E-state index in [9.17, 15) is 14.7 Å². The first-order valence-corrected chi connectivity index (χ1v) is 9.55. The average Bonchev–Trinajstić information content (AvgIpc) is 3.36. The fourth-order valence-electron chi connectivity index (χ4n) is 3.90. The van der Waals surface area contributed by atoms with Gasteiger partial charge in [-0.05, 0) is 26.7 Å². The van der Waals surface area contributed by atoms with Crippen LogP contribution >= 0.6 is 11.3 Å². The topological polar surface area (TPSA) is 106 Å². The van der Waals surface area contributed by atoms with Gasteiger partial charge in [0.2, 0.25) is 5.91 Å². The summed E-state index contributed by atoms with van der Waals surface area (Å²) in [6, 6.07) is 0. The maximum Gasteiger partial charge on any atom is 0.310 e. The van der Waals surface area contributed by atoms with Crippen LogP contribution < -0.4 is 5.32 Å². The second-order valence-electron chi connectivity index (χ2n) is 6.69. The summed E-state index contributed by atoms with van der Waals surface area (Å²) in [7, 11) is 0. The lowest BCUT2D eigenvalue weighted by Crippen LogP contribution is -2.40. The Kier molecular flexibility index (Phi) is 4.28. The van der Waals surface area contributed by atoms with E-state index in [1.807, 2.05) is 30.1 Å². The number of ether oxygens (including phenoxy) is 1. The summed E-state index contributed by atoms with van der Waals surface area (Å²) >= 11 is 1.32. The van der Waals surface area contributed by atoms with Crippen molar-refractivity contribution in [3.63, 3.8) is 0 Å². The van der Waals surface area contributed by atoms with E-state index in [-0.39, 0.29) is 18.1 Å². The van der Waals surface area contributed by atoms with Crippen LogP contribution in [0.5, 0.6) is 0 Å². The quantitative estimate of drug-likeness (QED) is 0.828. The first-order valence-electron chi connectivity index (χ1n) is 8.67. The lowest BCUT2D eigenvalue weighted by molar-refractivity contribution is -0.147. The second kappa shape index (κ2) is 6.48. The molecule has 8 nitrogen and oxygen atoms in total. The molecule has 2 aromatic heterocycles.